The van der Waals surface area contributed by atoms with E-state index in [4.69, 9.17) is 26.8 Å². The molecule has 7 heteroatoms. The van der Waals surface area contributed by atoms with Gasteiger partial charge in [0.2, 0.25) is 0 Å². The van der Waals surface area contributed by atoms with Gasteiger partial charge in [-0.1, -0.05) is 62.4 Å². The van der Waals surface area contributed by atoms with E-state index in [1.165, 1.54) is 49.5 Å². The number of nitrogens with zero attached hydrogens (tertiary/aromatic N) is 3. The van der Waals surface area contributed by atoms with Gasteiger partial charge in [0.1, 0.15) is 0 Å². The molecule has 2 N–H and O–H groups in total. The van der Waals surface area contributed by atoms with E-state index in [2.05, 4.69) is 59.5 Å². The molecule has 0 radical (unpaired) electrons. The Morgan fingerprint density at radius 3 is 2.47 bits per heavy atom. The van der Waals surface area contributed by atoms with Gasteiger partial charge in [-0.3, -0.25) is 9.89 Å². The second-order valence-electron chi connectivity index (χ2n) is 11.7. The molecule has 0 aromatic heterocycles. The minimum absolute atomic E-state index is 0.223. The lowest BCUT2D eigenvalue weighted by molar-refractivity contribution is 0.150. The molecule has 1 aromatic carbocycles. The number of piperidine rings is 1. The third kappa shape index (κ3) is 14.2. The van der Waals surface area contributed by atoms with Crippen molar-refractivity contribution < 1.29 is 9.47 Å². The molecule has 1 saturated heterocycles. The molecule has 1 heterocycles. The predicted molar refractivity (Wildman–Crippen MR) is 185 cm³/mol. The molecule has 1 aliphatic heterocycles. The van der Waals surface area contributed by atoms with E-state index in [1.54, 1.807) is 20.4 Å². The zero-order valence-corrected chi connectivity index (χ0v) is 28.0. The maximum Gasteiger partial charge on any atom is 0.0978 e. The van der Waals surface area contributed by atoms with Crippen molar-refractivity contribution in [3.63, 3.8) is 0 Å². The molecule has 2 atom stereocenters. The number of rotatable bonds is 17. The molecule has 1 saturated carbocycles. The summed E-state index contributed by atoms with van der Waals surface area (Å²) in [5, 5.41) is 0.769. The van der Waals surface area contributed by atoms with Crippen molar-refractivity contribution in [1.29, 1.82) is 0 Å². The SMILES string of the molecule is C=COCCC1CCN(C(N)=C2CCC2)CC1.CCCN(CC(C)CCOC)C(/C=C/C=C\C=NC)c1ccc(Cl)cc1. The van der Waals surface area contributed by atoms with E-state index in [0.717, 1.165) is 75.4 Å². The largest absolute Gasteiger partial charge is 0.502 e. The molecular weight excluding hydrogens is 556 g/mol. The molecular formula is C36H57ClN4O2. The average molecular weight is 613 g/mol. The summed E-state index contributed by atoms with van der Waals surface area (Å²) in [6, 6.07) is 8.40. The Labute approximate surface area is 267 Å². The fraction of sp³-hybridized carbons (Fsp3) is 0.583. The highest BCUT2D eigenvalue weighted by Crippen LogP contribution is 2.30. The van der Waals surface area contributed by atoms with Crippen LogP contribution in [0.3, 0.4) is 0 Å². The smallest absolute Gasteiger partial charge is 0.0978 e. The summed E-state index contributed by atoms with van der Waals surface area (Å²) in [5.74, 6) is 2.45. The Balaban J connectivity index is 0.000000326. The van der Waals surface area contributed by atoms with Crippen LogP contribution in [0.2, 0.25) is 5.02 Å². The van der Waals surface area contributed by atoms with Crippen LogP contribution < -0.4 is 5.73 Å². The van der Waals surface area contributed by atoms with Gasteiger partial charge < -0.3 is 20.1 Å². The maximum absolute atomic E-state index is 6.19. The Morgan fingerprint density at radius 2 is 1.88 bits per heavy atom. The van der Waals surface area contributed by atoms with Gasteiger partial charge in [-0.25, -0.2) is 0 Å². The summed E-state index contributed by atoms with van der Waals surface area (Å²) < 4.78 is 10.4. The molecule has 1 aromatic rings. The summed E-state index contributed by atoms with van der Waals surface area (Å²) in [7, 11) is 3.54. The number of ether oxygens (including phenoxy) is 2. The Hall–Kier alpha value is -2.54. The molecule has 1 aliphatic carbocycles. The van der Waals surface area contributed by atoms with Gasteiger partial charge >= 0.3 is 0 Å². The van der Waals surface area contributed by atoms with Gasteiger partial charge in [-0.15, -0.1) is 0 Å². The monoisotopic (exact) mass is 612 g/mol. The van der Waals surface area contributed by atoms with Crippen LogP contribution in [0.15, 0.2) is 77.8 Å². The van der Waals surface area contributed by atoms with Crippen LogP contribution in [0.5, 0.6) is 0 Å². The number of nitrogens with two attached hydrogens (primary N) is 1. The van der Waals surface area contributed by atoms with Crippen LogP contribution in [0.4, 0.5) is 0 Å². The number of allylic oxidation sites excluding steroid dienone is 4. The third-order valence-electron chi connectivity index (χ3n) is 8.26. The third-order valence-corrected chi connectivity index (χ3v) is 8.52. The van der Waals surface area contributed by atoms with Crippen molar-refractivity contribution >= 4 is 17.8 Å². The van der Waals surface area contributed by atoms with Crippen molar-refractivity contribution in [2.75, 3.05) is 53.6 Å². The van der Waals surface area contributed by atoms with Gasteiger partial charge in [-0.2, -0.15) is 0 Å². The van der Waals surface area contributed by atoms with E-state index >= 15 is 0 Å². The van der Waals surface area contributed by atoms with E-state index in [-0.39, 0.29) is 6.04 Å². The van der Waals surface area contributed by atoms with Crippen molar-refractivity contribution in [2.45, 2.75) is 71.3 Å². The highest BCUT2D eigenvalue weighted by Gasteiger charge is 2.23. The summed E-state index contributed by atoms with van der Waals surface area (Å²) in [5.41, 5.74) is 8.93. The molecule has 0 amide bonds. The molecule has 6 nitrogen and oxygen atoms in total. The van der Waals surface area contributed by atoms with Crippen molar-refractivity contribution in [3.8, 4) is 0 Å². The number of halogens is 1. The Morgan fingerprint density at radius 1 is 1.16 bits per heavy atom. The van der Waals surface area contributed by atoms with Gasteiger partial charge in [0.15, 0.2) is 0 Å². The summed E-state index contributed by atoms with van der Waals surface area (Å²) in [6.07, 6.45) is 21.2. The first-order valence-electron chi connectivity index (χ1n) is 16.1. The van der Waals surface area contributed by atoms with Gasteiger partial charge in [0.25, 0.3) is 0 Å². The minimum atomic E-state index is 0.223. The number of methoxy groups -OCH3 is 1. The average Bonchev–Trinajstić information content (AvgIpc) is 2.98. The fourth-order valence-corrected chi connectivity index (χ4v) is 5.65. The summed E-state index contributed by atoms with van der Waals surface area (Å²) in [6.45, 7) is 14.0. The minimum Gasteiger partial charge on any atom is -0.502 e. The van der Waals surface area contributed by atoms with Crippen LogP contribution in [-0.2, 0) is 9.47 Å². The molecule has 0 spiro atoms. The number of hydrogen-bond acceptors (Lipinski definition) is 6. The zero-order valence-electron chi connectivity index (χ0n) is 27.2. The first kappa shape index (κ1) is 36.7. The van der Waals surface area contributed by atoms with Gasteiger partial charge in [0, 0.05) is 51.6 Å². The summed E-state index contributed by atoms with van der Waals surface area (Å²) in [4.78, 5) is 8.89. The van der Waals surface area contributed by atoms with Crippen LogP contribution in [0.25, 0.3) is 0 Å². The highest BCUT2D eigenvalue weighted by atomic mass is 35.5. The van der Waals surface area contributed by atoms with Crippen molar-refractivity contribution in [2.24, 2.45) is 22.6 Å². The number of likely N-dealkylation sites (tertiary alicyclic amines) is 1. The lowest BCUT2D eigenvalue weighted by Crippen LogP contribution is -2.37. The lowest BCUT2D eigenvalue weighted by Gasteiger charge is -2.36. The first-order valence-corrected chi connectivity index (χ1v) is 16.5. The van der Waals surface area contributed by atoms with Crippen molar-refractivity contribution in [3.05, 3.63) is 83.4 Å². The molecule has 3 rings (SSSR count). The lowest BCUT2D eigenvalue weighted by atomic mass is 9.90. The van der Waals surface area contributed by atoms with E-state index in [1.807, 2.05) is 24.3 Å². The van der Waals surface area contributed by atoms with Crippen LogP contribution in [0, 0.1) is 11.8 Å². The highest BCUT2D eigenvalue weighted by molar-refractivity contribution is 6.30. The predicted octanol–water partition coefficient (Wildman–Crippen LogP) is 8.18. The van der Waals surface area contributed by atoms with Gasteiger partial charge in [-0.05, 0) is 99.1 Å². The van der Waals surface area contributed by atoms with Crippen LogP contribution in [0.1, 0.15) is 76.8 Å². The zero-order chi connectivity index (χ0) is 31.3. The quantitative estimate of drug-likeness (QED) is 0.0832. The summed E-state index contributed by atoms with van der Waals surface area (Å²) >= 11 is 6.09. The molecule has 0 bridgehead atoms. The number of aliphatic imine (C=N–C) groups is 1. The van der Waals surface area contributed by atoms with Gasteiger partial charge in [0.05, 0.1) is 24.7 Å². The van der Waals surface area contributed by atoms with Crippen molar-refractivity contribution in [1.82, 2.24) is 9.80 Å². The topological polar surface area (TPSA) is 63.3 Å². The number of benzene rings is 1. The molecule has 2 unspecified atom stereocenters. The number of hydrogen-bond donors (Lipinski definition) is 1. The van der Waals surface area contributed by atoms with E-state index in [0.29, 0.717) is 5.92 Å². The van der Waals surface area contributed by atoms with Crippen LogP contribution >= 0.6 is 11.6 Å². The molecule has 2 fully saturated rings. The maximum atomic E-state index is 6.19. The second-order valence-corrected chi connectivity index (χ2v) is 12.1. The molecule has 2 aliphatic rings. The van der Waals surface area contributed by atoms with E-state index in [9.17, 15) is 0 Å². The Bertz CT molecular complexity index is 1010. The Kier molecular flexibility index (Phi) is 18.8. The second kappa shape index (κ2) is 22.0. The van der Waals surface area contributed by atoms with E-state index < -0.39 is 0 Å². The standard InChI is InChI=1S/C22H33ClN2O.C14H24N2O/c1-5-16-25(18-19(2)14-17-26-4)22(9-7-6-8-15-24-3)20-10-12-21(23)13-11-20;1-2-17-11-8-12-6-9-16(10-7-12)14(15)13-4-3-5-13/h6-13,15,19,22H,5,14,16-18H2,1-4H3;2,12H,1,3-11,15H2/b8-6-,9-7+,24-15?;. The fourth-order valence-electron chi connectivity index (χ4n) is 5.53. The first-order chi connectivity index (χ1) is 20.9. The van der Waals surface area contributed by atoms with Crippen LogP contribution in [-0.4, -0.2) is 69.6 Å². The molecule has 43 heavy (non-hydrogen) atoms. The molecule has 240 valence electrons. The normalized spacial score (nSPS) is 17.3.